The summed E-state index contributed by atoms with van der Waals surface area (Å²) >= 11 is 0. The molecule has 13 nitrogen and oxygen atoms in total. The third-order valence-corrected chi connectivity index (χ3v) is 6.91. The van der Waals surface area contributed by atoms with Crippen molar-refractivity contribution in [2.45, 2.75) is 42.4 Å². The van der Waals surface area contributed by atoms with E-state index in [9.17, 15) is 33.4 Å². The SMILES string of the molecule is N=C1N[C@H]2[C@H](CN3C(=O)CCC3=O)NC(=N)N3CC(NC(=O)c4cc(F)ccc4F)C(O)(O)[C@]23N1. The van der Waals surface area contributed by atoms with Crippen LogP contribution in [0.1, 0.15) is 23.2 Å². The molecule has 0 bridgehead atoms. The molecule has 3 amide bonds. The van der Waals surface area contributed by atoms with E-state index >= 15 is 0 Å². The summed E-state index contributed by atoms with van der Waals surface area (Å²) in [6, 6.07) is -1.23. The number of halogens is 2. The van der Waals surface area contributed by atoms with Crippen LogP contribution in [0.2, 0.25) is 0 Å². The van der Waals surface area contributed by atoms with Gasteiger partial charge in [-0.05, 0) is 18.2 Å². The number of amides is 3. The molecule has 4 heterocycles. The minimum absolute atomic E-state index is 0.0428. The first-order valence-electron chi connectivity index (χ1n) is 10.8. The monoisotopic (exact) mass is 492 g/mol. The first kappa shape index (κ1) is 22.9. The highest BCUT2D eigenvalue weighted by Crippen LogP contribution is 2.43. The molecule has 0 aliphatic carbocycles. The second kappa shape index (κ2) is 7.58. The van der Waals surface area contributed by atoms with E-state index < -0.39 is 64.5 Å². The smallest absolute Gasteiger partial charge is 0.254 e. The maximum Gasteiger partial charge on any atom is 0.254 e. The number of aliphatic hydroxyl groups is 2. The minimum Gasteiger partial charge on any atom is -0.361 e. The Bertz CT molecular complexity index is 1160. The number of carbonyl (C=O) groups is 3. The molecule has 0 saturated carbocycles. The summed E-state index contributed by atoms with van der Waals surface area (Å²) in [5.41, 5.74) is -2.62. The fourth-order valence-electron chi connectivity index (χ4n) is 5.26. The highest BCUT2D eigenvalue weighted by Gasteiger charge is 2.74. The van der Waals surface area contributed by atoms with Gasteiger partial charge in [0.1, 0.15) is 17.7 Å². The fraction of sp³-hybridized carbons (Fsp3) is 0.450. The van der Waals surface area contributed by atoms with E-state index in [1.54, 1.807) is 0 Å². The number of guanidine groups is 2. The van der Waals surface area contributed by atoms with Crippen LogP contribution in [-0.2, 0) is 9.59 Å². The Balaban J connectivity index is 1.47. The molecule has 1 aromatic carbocycles. The Morgan fingerprint density at radius 2 is 1.86 bits per heavy atom. The molecule has 1 unspecified atom stereocenters. The van der Waals surface area contributed by atoms with Crippen LogP contribution in [0.25, 0.3) is 0 Å². The van der Waals surface area contributed by atoms with Gasteiger partial charge in [0.05, 0.1) is 24.2 Å². The molecule has 186 valence electrons. The van der Waals surface area contributed by atoms with Crippen molar-refractivity contribution < 1.29 is 33.4 Å². The van der Waals surface area contributed by atoms with Crippen LogP contribution in [0.3, 0.4) is 0 Å². The van der Waals surface area contributed by atoms with Crippen LogP contribution in [0.15, 0.2) is 18.2 Å². The van der Waals surface area contributed by atoms with Crippen LogP contribution in [0.4, 0.5) is 8.78 Å². The van der Waals surface area contributed by atoms with E-state index in [0.29, 0.717) is 6.07 Å². The largest absolute Gasteiger partial charge is 0.361 e. The van der Waals surface area contributed by atoms with Crippen molar-refractivity contribution in [3.05, 3.63) is 35.4 Å². The van der Waals surface area contributed by atoms with Crippen molar-refractivity contribution in [1.82, 2.24) is 31.1 Å². The molecule has 8 N–H and O–H groups in total. The van der Waals surface area contributed by atoms with Gasteiger partial charge >= 0.3 is 0 Å². The Kier molecular flexibility index (Phi) is 4.96. The predicted molar refractivity (Wildman–Crippen MR) is 113 cm³/mol. The molecule has 0 aromatic heterocycles. The van der Waals surface area contributed by atoms with Crippen LogP contribution in [-0.4, -0.2) is 92.3 Å². The molecule has 4 aliphatic heterocycles. The first-order chi connectivity index (χ1) is 16.5. The van der Waals surface area contributed by atoms with E-state index in [1.165, 1.54) is 4.90 Å². The quantitative estimate of drug-likeness (QED) is 0.163. The first-order valence-corrected chi connectivity index (χ1v) is 10.8. The summed E-state index contributed by atoms with van der Waals surface area (Å²) in [7, 11) is 0. The number of hydrogen-bond acceptors (Lipinski definition) is 7. The summed E-state index contributed by atoms with van der Waals surface area (Å²) in [6.45, 7) is -0.557. The van der Waals surface area contributed by atoms with E-state index in [0.717, 1.165) is 17.0 Å². The van der Waals surface area contributed by atoms with Gasteiger partial charge in [0, 0.05) is 19.4 Å². The van der Waals surface area contributed by atoms with Gasteiger partial charge in [-0.3, -0.25) is 30.1 Å². The molecule has 0 radical (unpaired) electrons. The number of likely N-dealkylation sites (tertiary alicyclic amines) is 1. The standard InChI is InChI=1S/C20H22F2N8O5/c21-8-1-2-10(22)9(5-8)16(33)26-12-7-30-18(24)25-11(6-29-13(31)3-4-14(29)32)15-19(30,20(12,34)35)28-17(23)27-15/h1-2,5,11-12,15,34-35H,3-4,6-7H2,(H2,24,25)(H,26,33)(H3,23,27,28)/t11-,12?,15-,19-/m0/s1. The van der Waals surface area contributed by atoms with Gasteiger partial charge < -0.3 is 36.4 Å². The van der Waals surface area contributed by atoms with Crippen molar-refractivity contribution in [2.75, 3.05) is 13.1 Å². The van der Waals surface area contributed by atoms with Crippen molar-refractivity contribution in [3.8, 4) is 0 Å². The molecular weight excluding hydrogens is 470 g/mol. The van der Waals surface area contributed by atoms with Crippen LogP contribution in [0, 0.1) is 22.5 Å². The summed E-state index contributed by atoms with van der Waals surface area (Å²) in [5, 5.41) is 49.6. The van der Waals surface area contributed by atoms with Crippen molar-refractivity contribution in [3.63, 3.8) is 0 Å². The molecular formula is C20H22F2N8O5. The normalized spacial score (nSPS) is 31.0. The lowest BCUT2D eigenvalue weighted by atomic mass is 9.84. The molecule has 1 spiro atoms. The lowest BCUT2D eigenvalue weighted by Gasteiger charge is -2.51. The van der Waals surface area contributed by atoms with Gasteiger partial charge in [0.2, 0.25) is 17.6 Å². The second-order valence-electron chi connectivity index (χ2n) is 8.87. The average Bonchev–Trinajstić information content (AvgIpc) is 3.38. The Hall–Kier alpha value is -3.85. The van der Waals surface area contributed by atoms with Crippen LogP contribution < -0.4 is 21.3 Å². The Morgan fingerprint density at radius 1 is 1.17 bits per heavy atom. The van der Waals surface area contributed by atoms with Gasteiger partial charge in [-0.2, -0.15) is 0 Å². The number of imide groups is 1. The zero-order chi connectivity index (χ0) is 25.3. The zero-order valence-electron chi connectivity index (χ0n) is 18.1. The lowest BCUT2D eigenvalue weighted by molar-refractivity contribution is -0.232. The molecule has 15 heteroatoms. The number of carbonyl (C=O) groups excluding carboxylic acids is 3. The molecule has 35 heavy (non-hydrogen) atoms. The Morgan fingerprint density at radius 3 is 2.54 bits per heavy atom. The number of hydrogen-bond donors (Lipinski definition) is 8. The van der Waals surface area contributed by atoms with Gasteiger partial charge in [0.15, 0.2) is 17.6 Å². The zero-order valence-corrected chi connectivity index (χ0v) is 18.1. The number of nitrogens with zero attached hydrogens (tertiary/aromatic N) is 2. The van der Waals surface area contributed by atoms with Crippen LogP contribution in [0.5, 0.6) is 0 Å². The molecule has 1 aromatic rings. The maximum absolute atomic E-state index is 14.1. The fourth-order valence-corrected chi connectivity index (χ4v) is 5.26. The predicted octanol–water partition coefficient (Wildman–Crippen LogP) is -2.69. The van der Waals surface area contributed by atoms with Gasteiger partial charge in [-0.1, -0.05) is 0 Å². The minimum atomic E-state index is -2.85. The van der Waals surface area contributed by atoms with Crippen molar-refractivity contribution in [2.24, 2.45) is 0 Å². The number of nitrogens with one attached hydrogen (secondary N) is 6. The van der Waals surface area contributed by atoms with Crippen LogP contribution >= 0.6 is 0 Å². The van der Waals surface area contributed by atoms with E-state index in [4.69, 9.17) is 10.8 Å². The van der Waals surface area contributed by atoms with Gasteiger partial charge in [-0.15, -0.1) is 0 Å². The topological polar surface area (TPSA) is 194 Å². The molecule has 5 rings (SSSR count). The lowest BCUT2D eigenvalue weighted by Crippen LogP contribution is -2.81. The van der Waals surface area contributed by atoms with E-state index in [-0.39, 0.29) is 37.9 Å². The number of rotatable bonds is 4. The summed E-state index contributed by atoms with van der Waals surface area (Å²) in [6.07, 6.45) is 0.0855. The van der Waals surface area contributed by atoms with E-state index in [2.05, 4.69) is 21.3 Å². The highest BCUT2D eigenvalue weighted by atomic mass is 19.1. The summed E-state index contributed by atoms with van der Waals surface area (Å²) in [4.78, 5) is 39.2. The number of benzene rings is 1. The summed E-state index contributed by atoms with van der Waals surface area (Å²) < 4.78 is 27.7. The van der Waals surface area contributed by atoms with Gasteiger partial charge in [0.25, 0.3) is 5.91 Å². The highest BCUT2D eigenvalue weighted by molar-refractivity contribution is 6.02. The molecule has 4 aliphatic rings. The van der Waals surface area contributed by atoms with Crippen molar-refractivity contribution >= 4 is 29.6 Å². The van der Waals surface area contributed by atoms with Gasteiger partial charge in [-0.25, -0.2) is 8.78 Å². The molecule has 4 atom stereocenters. The maximum atomic E-state index is 14.1. The second-order valence-corrected chi connectivity index (χ2v) is 8.87. The third-order valence-electron chi connectivity index (χ3n) is 6.91. The third kappa shape index (κ3) is 3.22. The van der Waals surface area contributed by atoms with Crippen molar-refractivity contribution in [1.29, 1.82) is 10.8 Å². The van der Waals surface area contributed by atoms with E-state index in [1.807, 2.05) is 0 Å². The molecule has 4 saturated heterocycles. The Labute approximate surface area is 196 Å². The average molecular weight is 492 g/mol. The summed E-state index contributed by atoms with van der Waals surface area (Å²) in [5.74, 6) is -7.31. The molecule has 4 fully saturated rings.